The molecule has 1 unspecified atom stereocenters. The number of rotatable bonds is 3. The van der Waals surface area contributed by atoms with Crippen molar-refractivity contribution in [3.63, 3.8) is 0 Å². The molecule has 0 radical (unpaired) electrons. The van der Waals surface area contributed by atoms with E-state index in [-0.39, 0.29) is 11.6 Å². The summed E-state index contributed by atoms with van der Waals surface area (Å²) in [6.07, 6.45) is 0. The lowest BCUT2D eigenvalue weighted by molar-refractivity contribution is 0.0697. The van der Waals surface area contributed by atoms with Crippen molar-refractivity contribution in [3.8, 4) is 0 Å². The highest BCUT2D eigenvalue weighted by atomic mass is 16.4. The van der Waals surface area contributed by atoms with E-state index in [1.165, 1.54) is 6.07 Å². The molecule has 1 atom stereocenters. The summed E-state index contributed by atoms with van der Waals surface area (Å²) in [7, 11) is 1.83. The minimum Gasteiger partial charge on any atom is -0.478 e. The standard InChI is InChI=1S/C10H14N2O2/c1-6(12-2)8-4-3-7(10(13)14)5-9(8)11/h3-6,12H,11H2,1-2H3,(H,13,14). The van der Waals surface area contributed by atoms with Gasteiger partial charge in [-0.1, -0.05) is 6.07 Å². The summed E-state index contributed by atoms with van der Waals surface area (Å²) >= 11 is 0. The number of nitrogens with one attached hydrogen (secondary N) is 1. The van der Waals surface area contributed by atoms with E-state index >= 15 is 0 Å². The smallest absolute Gasteiger partial charge is 0.335 e. The second-order valence-corrected chi connectivity index (χ2v) is 3.16. The predicted octanol–water partition coefficient (Wildman–Crippen LogP) is 1.25. The van der Waals surface area contributed by atoms with Crippen molar-refractivity contribution in [3.05, 3.63) is 29.3 Å². The maximum atomic E-state index is 10.6. The van der Waals surface area contributed by atoms with Crippen LogP contribution in [0.15, 0.2) is 18.2 Å². The quantitative estimate of drug-likeness (QED) is 0.633. The third-order valence-corrected chi connectivity index (χ3v) is 2.23. The lowest BCUT2D eigenvalue weighted by Crippen LogP contribution is -2.14. The molecule has 0 saturated carbocycles. The third kappa shape index (κ3) is 2.03. The lowest BCUT2D eigenvalue weighted by atomic mass is 10.0. The van der Waals surface area contributed by atoms with Crippen LogP contribution in [0.5, 0.6) is 0 Å². The monoisotopic (exact) mass is 194 g/mol. The molecule has 76 valence electrons. The zero-order valence-corrected chi connectivity index (χ0v) is 8.24. The molecule has 0 spiro atoms. The van der Waals surface area contributed by atoms with Crippen molar-refractivity contribution in [2.75, 3.05) is 12.8 Å². The molecule has 4 N–H and O–H groups in total. The number of nitrogens with two attached hydrogens (primary N) is 1. The van der Waals surface area contributed by atoms with Crippen LogP contribution in [0.3, 0.4) is 0 Å². The number of hydrogen-bond acceptors (Lipinski definition) is 3. The molecule has 1 aromatic carbocycles. The van der Waals surface area contributed by atoms with Gasteiger partial charge in [0.15, 0.2) is 0 Å². The van der Waals surface area contributed by atoms with Gasteiger partial charge in [0.05, 0.1) is 5.56 Å². The zero-order chi connectivity index (χ0) is 10.7. The van der Waals surface area contributed by atoms with Crippen molar-refractivity contribution >= 4 is 11.7 Å². The van der Waals surface area contributed by atoms with Gasteiger partial charge >= 0.3 is 5.97 Å². The van der Waals surface area contributed by atoms with E-state index in [0.29, 0.717) is 5.69 Å². The maximum absolute atomic E-state index is 10.6. The normalized spacial score (nSPS) is 12.4. The minimum atomic E-state index is -0.958. The Hall–Kier alpha value is -1.55. The zero-order valence-electron chi connectivity index (χ0n) is 8.24. The van der Waals surface area contributed by atoms with Crippen molar-refractivity contribution in [1.29, 1.82) is 0 Å². The van der Waals surface area contributed by atoms with Crippen LogP contribution in [0.4, 0.5) is 5.69 Å². The van der Waals surface area contributed by atoms with Crippen LogP contribution < -0.4 is 11.1 Å². The van der Waals surface area contributed by atoms with Crippen molar-refractivity contribution in [2.24, 2.45) is 0 Å². The van der Waals surface area contributed by atoms with Gasteiger partial charge in [-0.05, 0) is 31.7 Å². The van der Waals surface area contributed by atoms with Gasteiger partial charge in [-0.15, -0.1) is 0 Å². The molecular weight excluding hydrogens is 180 g/mol. The van der Waals surface area contributed by atoms with Gasteiger partial charge < -0.3 is 16.2 Å². The lowest BCUT2D eigenvalue weighted by Gasteiger charge is -2.13. The Kier molecular flexibility index (Phi) is 3.09. The van der Waals surface area contributed by atoms with Crippen LogP contribution in [0, 0.1) is 0 Å². The van der Waals surface area contributed by atoms with Gasteiger partial charge in [0.25, 0.3) is 0 Å². The summed E-state index contributed by atoms with van der Waals surface area (Å²) in [5.41, 5.74) is 7.37. The first kappa shape index (κ1) is 10.5. The highest BCUT2D eigenvalue weighted by Crippen LogP contribution is 2.20. The molecule has 4 heteroatoms. The average Bonchev–Trinajstić information content (AvgIpc) is 2.16. The predicted molar refractivity (Wildman–Crippen MR) is 55.3 cm³/mol. The van der Waals surface area contributed by atoms with Gasteiger partial charge in [-0.2, -0.15) is 0 Å². The topological polar surface area (TPSA) is 75.3 Å². The number of carbonyl (C=O) groups is 1. The first-order valence-corrected chi connectivity index (χ1v) is 4.36. The van der Waals surface area contributed by atoms with E-state index in [9.17, 15) is 4.79 Å². The number of nitrogen functional groups attached to an aromatic ring is 1. The number of hydrogen-bond donors (Lipinski definition) is 3. The van der Waals surface area contributed by atoms with Crippen molar-refractivity contribution in [2.45, 2.75) is 13.0 Å². The highest BCUT2D eigenvalue weighted by Gasteiger charge is 2.09. The van der Waals surface area contributed by atoms with E-state index in [4.69, 9.17) is 10.8 Å². The average molecular weight is 194 g/mol. The molecule has 1 rings (SSSR count). The molecule has 0 fully saturated rings. The Morgan fingerprint density at radius 2 is 2.21 bits per heavy atom. The Morgan fingerprint density at radius 1 is 1.57 bits per heavy atom. The van der Waals surface area contributed by atoms with E-state index < -0.39 is 5.97 Å². The Balaban J connectivity index is 3.07. The molecule has 4 nitrogen and oxygen atoms in total. The first-order valence-electron chi connectivity index (χ1n) is 4.36. The molecule has 0 amide bonds. The molecule has 0 aliphatic carbocycles. The summed E-state index contributed by atoms with van der Waals surface area (Å²) in [5.74, 6) is -0.958. The van der Waals surface area contributed by atoms with Gasteiger partial charge in [0.1, 0.15) is 0 Å². The summed E-state index contributed by atoms with van der Waals surface area (Å²) in [4.78, 5) is 10.6. The fourth-order valence-electron chi connectivity index (χ4n) is 1.26. The third-order valence-electron chi connectivity index (χ3n) is 2.23. The highest BCUT2D eigenvalue weighted by molar-refractivity contribution is 5.89. The molecule has 0 saturated heterocycles. The van der Waals surface area contributed by atoms with Crippen LogP contribution in [0.1, 0.15) is 28.9 Å². The minimum absolute atomic E-state index is 0.123. The van der Waals surface area contributed by atoms with Crippen molar-refractivity contribution < 1.29 is 9.90 Å². The maximum Gasteiger partial charge on any atom is 0.335 e. The molecule has 0 heterocycles. The van der Waals surface area contributed by atoms with E-state index in [1.807, 2.05) is 14.0 Å². The van der Waals surface area contributed by atoms with Gasteiger partial charge in [-0.25, -0.2) is 4.79 Å². The summed E-state index contributed by atoms with van der Waals surface area (Å²) < 4.78 is 0. The number of carboxylic acids is 1. The van der Waals surface area contributed by atoms with Crippen LogP contribution in [0.2, 0.25) is 0 Å². The molecule has 14 heavy (non-hydrogen) atoms. The number of carboxylic acid groups (broad SMARTS) is 1. The van der Waals surface area contributed by atoms with Crippen LogP contribution in [0.25, 0.3) is 0 Å². The first-order chi connectivity index (χ1) is 6.56. The fraction of sp³-hybridized carbons (Fsp3) is 0.300. The van der Waals surface area contributed by atoms with E-state index in [1.54, 1.807) is 12.1 Å². The Morgan fingerprint density at radius 3 is 2.64 bits per heavy atom. The molecule has 0 aliphatic rings. The Bertz CT molecular complexity index is 350. The largest absolute Gasteiger partial charge is 0.478 e. The molecule has 0 aliphatic heterocycles. The second kappa shape index (κ2) is 4.11. The summed E-state index contributed by atoms with van der Waals surface area (Å²) in [6.45, 7) is 1.96. The second-order valence-electron chi connectivity index (χ2n) is 3.16. The number of anilines is 1. The van der Waals surface area contributed by atoms with Crippen molar-refractivity contribution in [1.82, 2.24) is 5.32 Å². The van der Waals surface area contributed by atoms with E-state index in [0.717, 1.165) is 5.56 Å². The van der Waals surface area contributed by atoms with Gasteiger partial charge in [0, 0.05) is 11.7 Å². The van der Waals surface area contributed by atoms with E-state index in [2.05, 4.69) is 5.32 Å². The number of benzene rings is 1. The van der Waals surface area contributed by atoms with Crippen LogP contribution >= 0.6 is 0 Å². The fourth-order valence-corrected chi connectivity index (χ4v) is 1.26. The Labute approximate surface area is 82.7 Å². The van der Waals surface area contributed by atoms with Crippen LogP contribution in [-0.2, 0) is 0 Å². The van der Waals surface area contributed by atoms with Crippen LogP contribution in [-0.4, -0.2) is 18.1 Å². The van der Waals surface area contributed by atoms with Gasteiger partial charge in [-0.3, -0.25) is 0 Å². The SMILES string of the molecule is CNC(C)c1ccc(C(=O)O)cc1N. The summed E-state index contributed by atoms with van der Waals surface area (Å²) in [5, 5.41) is 11.8. The molecule has 1 aromatic rings. The number of aromatic carboxylic acids is 1. The summed E-state index contributed by atoms with van der Waals surface area (Å²) in [6, 6.07) is 4.89. The van der Waals surface area contributed by atoms with Gasteiger partial charge in [0.2, 0.25) is 0 Å². The molecular formula is C10H14N2O2. The molecule has 0 aromatic heterocycles. The molecule has 0 bridgehead atoms.